The number of halogens is 1. The second kappa shape index (κ2) is 5.99. The summed E-state index contributed by atoms with van der Waals surface area (Å²) in [5.74, 6) is -0.718. The number of nitrogens with zero attached hydrogens (tertiary/aromatic N) is 1. The molecular formula is C15H15FN4O. The monoisotopic (exact) mass is 286 g/mol. The number of hydrogen-bond acceptors (Lipinski definition) is 4. The molecule has 21 heavy (non-hydrogen) atoms. The third-order valence-corrected chi connectivity index (χ3v) is 3.40. The van der Waals surface area contributed by atoms with Crippen molar-refractivity contribution in [3.63, 3.8) is 0 Å². The van der Waals surface area contributed by atoms with Crippen LogP contribution in [0.3, 0.4) is 0 Å². The summed E-state index contributed by atoms with van der Waals surface area (Å²) in [4.78, 5) is 16.4. The molecule has 1 amide bonds. The Morgan fingerprint density at radius 1 is 1.19 bits per heavy atom. The van der Waals surface area contributed by atoms with Crippen LogP contribution in [-0.2, 0) is 4.79 Å². The van der Waals surface area contributed by atoms with Crippen LogP contribution in [0.15, 0.2) is 48.7 Å². The van der Waals surface area contributed by atoms with Crippen LogP contribution in [0.4, 0.5) is 10.1 Å². The number of amides is 1. The van der Waals surface area contributed by atoms with Gasteiger partial charge in [0.1, 0.15) is 11.9 Å². The second-order valence-electron chi connectivity index (χ2n) is 4.85. The van der Waals surface area contributed by atoms with Crippen molar-refractivity contribution in [3.05, 3.63) is 60.2 Å². The van der Waals surface area contributed by atoms with Crippen molar-refractivity contribution in [1.82, 2.24) is 15.8 Å². The standard InChI is InChI=1S/C15H15FN4O/c16-10-5-1-2-6-11(10)18-15(21)14-9-13(19-20-14)12-7-3-4-8-17-12/h1-8,13-14,19-20H,9H2,(H,18,21). The molecule has 0 spiro atoms. The van der Waals surface area contributed by atoms with Gasteiger partial charge in [0, 0.05) is 6.20 Å². The molecule has 6 heteroatoms. The van der Waals surface area contributed by atoms with Gasteiger partial charge in [0.2, 0.25) is 5.91 Å². The molecule has 3 rings (SSSR count). The van der Waals surface area contributed by atoms with Gasteiger partial charge in [0.25, 0.3) is 0 Å². The van der Waals surface area contributed by atoms with E-state index in [-0.39, 0.29) is 17.6 Å². The van der Waals surface area contributed by atoms with Crippen molar-refractivity contribution in [2.45, 2.75) is 18.5 Å². The summed E-state index contributed by atoms with van der Waals surface area (Å²) in [7, 11) is 0. The first kappa shape index (κ1) is 13.7. The molecular weight excluding hydrogens is 271 g/mol. The van der Waals surface area contributed by atoms with Gasteiger partial charge in [-0.1, -0.05) is 18.2 Å². The van der Waals surface area contributed by atoms with E-state index in [1.807, 2.05) is 18.2 Å². The minimum absolute atomic E-state index is 0.0393. The Kier molecular flexibility index (Phi) is 3.89. The fraction of sp³-hybridized carbons (Fsp3) is 0.200. The Morgan fingerprint density at radius 3 is 2.76 bits per heavy atom. The predicted octanol–water partition coefficient (Wildman–Crippen LogP) is 1.77. The molecule has 1 saturated heterocycles. The van der Waals surface area contributed by atoms with Crippen molar-refractivity contribution in [2.75, 3.05) is 5.32 Å². The highest BCUT2D eigenvalue weighted by atomic mass is 19.1. The number of anilines is 1. The zero-order valence-electron chi connectivity index (χ0n) is 11.2. The van der Waals surface area contributed by atoms with E-state index in [1.54, 1.807) is 18.3 Å². The van der Waals surface area contributed by atoms with Crippen LogP contribution >= 0.6 is 0 Å². The van der Waals surface area contributed by atoms with E-state index >= 15 is 0 Å². The average molecular weight is 286 g/mol. The summed E-state index contributed by atoms with van der Waals surface area (Å²) in [5, 5.41) is 2.59. The lowest BCUT2D eigenvalue weighted by Gasteiger charge is -2.11. The highest BCUT2D eigenvalue weighted by molar-refractivity contribution is 5.95. The first-order chi connectivity index (χ1) is 10.2. The lowest BCUT2D eigenvalue weighted by Crippen LogP contribution is -2.39. The second-order valence-corrected chi connectivity index (χ2v) is 4.85. The molecule has 0 saturated carbocycles. The fourth-order valence-electron chi connectivity index (χ4n) is 2.29. The quantitative estimate of drug-likeness (QED) is 0.804. The van der Waals surface area contributed by atoms with Crippen LogP contribution in [0.5, 0.6) is 0 Å². The first-order valence-corrected chi connectivity index (χ1v) is 6.71. The summed E-state index contributed by atoms with van der Waals surface area (Å²) in [6.45, 7) is 0. The van der Waals surface area contributed by atoms with Crippen LogP contribution in [0, 0.1) is 5.82 Å². The molecule has 0 radical (unpaired) electrons. The number of nitrogens with one attached hydrogen (secondary N) is 3. The largest absolute Gasteiger partial charge is 0.322 e. The molecule has 2 atom stereocenters. The molecule has 2 unspecified atom stereocenters. The molecule has 3 N–H and O–H groups in total. The Morgan fingerprint density at radius 2 is 2.00 bits per heavy atom. The molecule has 1 aromatic heterocycles. The molecule has 1 aliphatic heterocycles. The number of rotatable bonds is 3. The molecule has 1 aromatic carbocycles. The van der Waals surface area contributed by atoms with Gasteiger partial charge in [-0.3, -0.25) is 9.78 Å². The van der Waals surface area contributed by atoms with Crippen molar-refractivity contribution in [2.24, 2.45) is 0 Å². The van der Waals surface area contributed by atoms with Gasteiger partial charge in [-0.05, 0) is 30.7 Å². The zero-order chi connectivity index (χ0) is 14.7. The van der Waals surface area contributed by atoms with Crippen LogP contribution in [-0.4, -0.2) is 16.9 Å². The Hall–Kier alpha value is -2.31. The van der Waals surface area contributed by atoms with E-state index in [1.165, 1.54) is 12.1 Å². The molecule has 5 nitrogen and oxygen atoms in total. The number of para-hydroxylation sites is 1. The zero-order valence-corrected chi connectivity index (χ0v) is 11.2. The average Bonchev–Trinajstić information content (AvgIpc) is 3.00. The lowest BCUT2D eigenvalue weighted by molar-refractivity contribution is -0.117. The summed E-state index contributed by atoms with van der Waals surface area (Å²) in [5.41, 5.74) is 7.01. The normalized spacial score (nSPS) is 21.2. The topological polar surface area (TPSA) is 66.0 Å². The number of aromatic nitrogens is 1. The van der Waals surface area contributed by atoms with E-state index in [4.69, 9.17) is 0 Å². The SMILES string of the molecule is O=C(Nc1ccccc1F)C1CC(c2ccccn2)NN1. The van der Waals surface area contributed by atoms with Gasteiger partial charge in [0.15, 0.2) is 0 Å². The lowest BCUT2D eigenvalue weighted by atomic mass is 10.1. The molecule has 0 aliphatic carbocycles. The minimum atomic E-state index is -0.446. The summed E-state index contributed by atoms with van der Waals surface area (Å²) in [6.07, 6.45) is 2.26. The molecule has 1 aliphatic rings. The Balaban J connectivity index is 1.64. The van der Waals surface area contributed by atoms with Crippen molar-refractivity contribution in [3.8, 4) is 0 Å². The van der Waals surface area contributed by atoms with Gasteiger partial charge < -0.3 is 5.32 Å². The highest BCUT2D eigenvalue weighted by Crippen LogP contribution is 2.21. The number of carbonyl (C=O) groups excluding carboxylic acids is 1. The third kappa shape index (κ3) is 3.07. The van der Waals surface area contributed by atoms with Gasteiger partial charge in [0.05, 0.1) is 17.4 Å². The van der Waals surface area contributed by atoms with Gasteiger partial charge >= 0.3 is 0 Å². The minimum Gasteiger partial charge on any atom is -0.322 e. The Bertz CT molecular complexity index is 635. The van der Waals surface area contributed by atoms with E-state index in [2.05, 4.69) is 21.2 Å². The van der Waals surface area contributed by atoms with Crippen LogP contribution < -0.4 is 16.2 Å². The van der Waals surface area contributed by atoms with E-state index in [0.717, 1.165) is 5.69 Å². The smallest absolute Gasteiger partial charge is 0.243 e. The van der Waals surface area contributed by atoms with E-state index < -0.39 is 11.9 Å². The predicted molar refractivity (Wildman–Crippen MR) is 76.7 cm³/mol. The van der Waals surface area contributed by atoms with Gasteiger partial charge in [-0.25, -0.2) is 15.2 Å². The number of hydrazine groups is 1. The number of benzene rings is 1. The summed E-state index contributed by atoms with van der Waals surface area (Å²) < 4.78 is 13.5. The van der Waals surface area contributed by atoms with Crippen molar-refractivity contribution < 1.29 is 9.18 Å². The maximum Gasteiger partial charge on any atom is 0.243 e. The van der Waals surface area contributed by atoms with Crippen molar-refractivity contribution >= 4 is 11.6 Å². The third-order valence-electron chi connectivity index (χ3n) is 3.40. The molecule has 1 fully saturated rings. The fourth-order valence-corrected chi connectivity index (χ4v) is 2.29. The number of hydrogen-bond donors (Lipinski definition) is 3. The maximum atomic E-state index is 13.5. The molecule has 108 valence electrons. The number of pyridine rings is 1. The Labute approximate surface area is 121 Å². The van der Waals surface area contributed by atoms with Crippen molar-refractivity contribution in [1.29, 1.82) is 0 Å². The highest BCUT2D eigenvalue weighted by Gasteiger charge is 2.30. The number of carbonyl (C=O) groups is 1. The summed E-state index contributed by atoms with van der Waals surface area (Å²) in [6, 6.07) is 11.3. The van der Waals surface area contributed by atoms with Crippen LogP contribution in [0.2, 0.25) is 0 Å². The van der Waals surface area contributed by atoms with Crippen LogP contribution in [0.25, 0.3) is 0 Å². The van der Waals surface area contributed by atoms with Gasteiger partial charge in [-0.2, -0.15) is 0 Å². The first-order valence-electron chi connectivity index (χ1n) is 6.71. The molecule has 2 heterocycles. The van der Waals surface area contributed by atoms with Gasteiger partial charge in [-0.15, -0.1) is 0 Å². The maximum absolute atomic E-state index is 13.5. The van der Waals surface area contributed by atoms with E-state index in [0.29, 0.717) is 6.42 Å². The molecule has 0 bridgehead atoms. The van der Waals surface area contributed by atoms with Crippen LogP contribution in [0.1, 0.15) is 18.2 Å². The van der Waals surface area contributed by atoms with E-state index in [9.17, 15) is 9.18 Å². The molecule has 2 aromatic rings. The summed E-state index contributed by atoms with van der Waals surface area (Å²) >= 11 is 0.